The van der Waals surface area contributed by atoms with E-state index in [1.54, 1.807) is 0 Å². The molecule has 0 aliphatic rings. The molecule has 2 heteroatoms. The molecule has 0 bridgehead atoms. The Labute approximate surface area is 78.3 Å². The van der Waals surface area contributed by atoms with Crippen LogP contribution >= 0.6 is 0 Å². The van der Waals surface area contributed by atoms with Gasteiger partial charge in [-0.2, -0.15) is 0 Å². The number of nitrogens with one attached hydrogen (secondary N) is 1. The standard InChI is InChI=1S/C11H13NO/c1-8-4-6-11(7-5-8)9(2)12-10(3)13/h4-7H,2H2,1,3H3,(H,12,13). The molecule has 0 fully saturated rings. The lowest BCUT2D eigenvalue weighted by molar-refractivity contribution is -0.117. The van der Waals surface area contributed by atoms with Gasteiger partial charge in [-0.25, -0.2) is 0 Å². The molecule has 2 nitrogen and oxygen atoms in total. The van der Waals surface area contributed by atoms with Gasteiger partial charge < -0.3 is 5.32 Å². The van der Waals surface area contributed by atoms with Crippen LogP contribution in [0.2, 0.25) is 0 Å². The molecule has 0 spiro atoms. The third-order valence-electron chi connectivity index (χ3n) is 1.73. The molecule has 13 heavy (non-hydrogen) atoms. The van der Waals surface area contributed by atoms with Crippen molar-refractivity contribution >= 4 is 11.6 Å². The van der Waals surface area contributed by atoms with E-state index in [1.807, 2.05) is 31.2 Å². The van der Waals surface area contributed by atoms with Gasteiger partial charge >= 0.3 is 0 Å². The molecule has 68 valence electrons. The second kappa shape index (κ2) is 3.90. The highest BCUT2D eigenvalue weighted by Gasteiger charge is 1.98. The van der Waals surface area contributed by atoms with Gasteiger partial charge in [0.1, 0.15) is 0 Å². The molecule has 0 atom stereocenters. The van der Waals surface area contributed by atoms with Gasteiger partial charge in [0.25, 0.3) is 0 Å². The second-order valence-corrected chi connectivity index (χ2v) is 3.03. The summed E-state index contributed by atoms with van der Waals surface area (Å²) < 4.78 is 0. The molecule has 0 aromatic heterocycles. The number of hydrogen-bond acceptors (Lipinski definition) is 1. The smallest absolute Gasteiger partial charge is 0.221 e. The molecular weight excluding hydrogens is 162 g/mol. The highest BCUT2D eigenvalue weighted by Crippen LogP contribution is 2.09. The average molecular weight is 175 g/mol. The fraction of sp³-hybridized carbons (Fsp3) is 0.182. The van der Waals surface area contributed by atoms with E-state index in [-0.39, 0.29) is 5.91 Å². The Morgan fingerprint density at radius 1 is 1.31 bits per heavy atom. The average Bonchev–Trinajstić information content (AvgIpc) is 2.04. The van der Waals surface area contributed by atoms with Gasteiger partial charge in [0, 0.05) is 12.6 Å². The van der Waals surface area contributed by atoms with Crippen molar-refractivity contribution in [2.24, 2.45) is 0 Å². The first-order valence-electron chi connectivity index (χ1n) is 4.13. The summed E-state index contributed by atoms with van der Waals surface area (Å²) in [7, 11) is 0. The predicted molar refractivity (Wildman–Crippen MR) is 54.0 cm³/mol. The van der Waals surface area contributed by atoms with Gasteiger partial charge in [-0.1, -0.05) is 36.4 Å². The summed E-state index contributed by atoms with van der Waals surface area (Å²) in [6.45, 7) is 7.25. The predicted octanol–water partition coefficient (Wildman–Crippen LogP) is 2.10. The van der Waals surface area contributed by atoms with E-state index in [0.717, 1.165) is 5.56 Å². The Hall–Kier alpha value is -1.57. The summed E-state index contributed by atoms with van der Waals surface area (Å²) >= 11 is 0. The Balaban J connectivity index is 2.78. The maximum absolute atomic E-state index is 10.7. The van der Waals surface area contributed by atoms with Crippen LogP contribution < -0.4 is 5.32 Å². The first kappa shape index (κ1) is 9.52. The summed E-state index contributed by atoms with van der Waals surface area (Å²) in [6, 6.07) is 7.85. The molecule has 0 saturated carbocycles. The maximum Gasteiger partial charge on any atom is 0.221 e. The van der Waals surface area contributed by atoms with E-state index in [9.17, 15) is 4.79 Å². The van der Waals surface area contributed by atoms with Gasteiger partial charge in [-0.3, -0.25) is 4.79 Å². The van der Waals surface area contributed by atoms with E-state index in [0.29, 0.717) is 5.70 Å². The Bertz CT molecular complexity index is 324. The minimum absolute atomic E-state index is 0.0921. The summed E-state index contributed by atoms with van der Waals surface area (Å²) in [5, 5.41) is 2.65. The quantitative estimate of drug-likeness (QED) is 0.732. The van der Waals surface area contributed by atoms with Crippen molar-refractivity contribution in [1.29, 1.82) is 0 Å². The van der Waals surface area contributed by atoms with Crippen molar-refractivity contribution in [2.75, 3.05) is 0 Å². The highest BCUT2D eigenvalue weighted by molar-refractivity contribution is 5.84. The molecule has 1 aromatic carbocycles. The van der Waals surface area contributed by atoms with Crippen LogP contribution in [-0.4, -0.2) is 5.91 Å². The SMILES string of the molecule is C=C(NC(C)=O)c1ccc(C)cc1. The number of carbonyl (C=O) groups is 1. The highest BCUT2D eigenvalue weighted by atomic mass is 16.1. The zero-order chi connectivity index (χ0) is 9.84. The Morgan fingerprint density at radius 2 is 1.85 bits per heavy atom. The molecule has 0 aliphatic heterocycles. The zero-order valence-electron chi connectivity index (χ0n) is 7.92. The van der Waals surface area contributed by atoms with Crippen molar-refractivity contribution in [2.45, 2.75) is 13.8 Å². The van der Waals surface area contributed by atoms with Crippen LogP contribution in [0.15, 0.2) is 30.8 Å². The lowest BCUT2D eigenvalue weighted by Gasteiger charge is -2.05. The lowest BCUT2D eigenvalue weighted by Crippen LogP contribution is -2.17. The van der Waals surface area contributed by atoms with Crippen molar-refractivity contribution in [3.05, 3.63) is 42.0 Å². The minimum Gasteiger partial charge on any atom is -0.326 e. The van der Waals surface area contributed by atoms with E-state index < -0.39 is 0 Å². The minimum atomic E-state index is -0.0921. The molecule has 0 heterocycles. The number of benzene rings is 1. The van der Waals surface area contributed by atoms with Crippen molar-refractivity contribution < 1.29 is 4.79 Å². The van der Waals surface area contributed by atoms with Gasteiger partial charge in [-0.15, -0.1) is 0 Å². The van der Waals surface area contributed by atoms with Gasteiger partial charge in [0.05, 0.1) is 0 Å². The largest absolute Gasteiger partial charge is 0.326 e. The van der Waals surface area contributed by atoms with Crippen LogP contribution in [0.5, 0.6) is 0 Å². The van der Waals surface area contributed by atoms with Crippen LogP contribution in [0.4, 0.5) is 0 Å². The molecule has 1 rings (SSSR count). The van der Waals surface area contributed by atoms with Crippen LogP contribution in [0.25, 0.3) is 5.70 Å². The van der Waals surface area contributed by atoms with E-state index >= 15 is 0 Å². The third kappa shape index (κ3) is 2.75. The lowest BCUT2D eigenvalue weighted by atomic mass is 10.1. The zero-order valence-corrected chi connectivity index (χ0v) is 7.92. The van der Waals surface area contributed by atoms with Gasteiger partial charge in [0.2, 0.25) is 5.91 Å². The molecule has 0 saturated heterocycles. The fourth-order valence-electron chi connectivity index (χ4n) is 1.04. The van der Waals surface area contributed by atoms with Crippen LogP contribution in [0, 0.1) is 6.92 Å². The van der Waals surface area contributed by atoms with E-state index in [2.05, 4.69) is 11.9 Å². The molecule has 0 unspecified atom stereocenters. The molecule has 1 aromatic rings. The van der Waals surface area contributed by atoms with E-state index in [1.165, 1.54) is 12.5 Å². The van der Waals surface area contributed by atoms with Gasteiger partial charge in [0.15, 0.2) is 0 Å². The first-order valence-corrected chi connectivity index (χ1v) is 4.13. The molecular formula is C11H13NO. The Kier molecular flexibility index (Phi) is 2.85. The number of carbonyl (C=O) groups excluding carboxylic acids is 1. The number of amides is 1. The summed E-state index contributed by atoms with van der Waals surface area (Å²) in [4.78, 5) is 10.7. The summed E-state index contributed by atoms with van der Waals surface area (Å²) in [5.74, 6) is -0.0921. The molecule has 1 N–H and O–H groups in total. The van der Waals surface area contributed by atoms with Crippen LogP contribution in [0.1, 0.15) is 18.1 Å². The van der Waals surface area contributed by atoms with Crippen LogP contribution in [0.3, 0.4) is 0 Å². The first-order chi connectivity index (χ1) is 6.09. The number of rotatable bonds is 2. The van der Waals surface area contributed by atoms with Crippen LogP contribution in [-0.2, 0) is 4.79 Å². The summed E-state index contributed by atoms with van der Waals surface area (Å²) in [5.41, 5.74) is 2.78. The molecule has 0 aliphatic carbocycles. The third-order valence-corrected chi connectivity index (χ3v) is 1.73. The number of hydrogen-bond donors (Lipinski definition) is 1. The van der Waals surface area contributed by atoms with Gasteiger partial charge in [-0.05, 0) is 12.5 Å². The van der Waals surface area contributed by atoms with E-state index in [4.69, 9.17) is 0 Å². The second-order valence-electron chi connectivity index (χ2n) is 3.03. The normalized spacial score (nSPS) is 9.38. The maximum atomic E-state index is 10.7. The molecule has 1 amide bonds. The topological polar surface area (TPSA) is 29.1 Å². The monoisotopic (exact) mass is 175 g/mol. The van der Waals surface area contributed by atoms with Crippen molar-refractivity contribution in [3.8, 4) is 0 Å². The van der Waals surface area contributed by atoms with Crippen molar-refractivity contribution in [1.82, 2.24) is 5.32 Å². The Morgan fingerprint density at radius 3 is 2.31 bits per heavy atom. The molecule has 0 radical (unpaired) electrons. The summed E-state index contributed by atoms with van der Waals surface area (Å²) in [6.07, 6.45) is 0. The fourth-order valence-corrected chi connectivity index (χ4v) is 1.04. The number of aryl methyl sites for hydroxylation is 1. The van der Waals surface area contributed by atoms with Crippen molar-refractivity contribution in [3.63, 3.8) is 0 Å².